The van der Waals surface area contributed by atoms with E-state index in [1.807, 2.05) is 6.07 Å². The maximum Gasteiger partial charge on any atom is 0.255 e. The van der Waals surface area contributed by atoms with E-state index in [2.05, 4.69) is 60.9 Å². The van der Waals surface area contributed by atoms with Crippen LogP contribution in [-0.4, -0.2) is 46.4 Å². The van der Waals surface area contributed by atoms with Crippen LogP contribution in [0.3, 0.4) is 0 Å². The third-order valence-electron chi connectivity index (χ3n) is 8.83. The molecule has 4 nitrogen and oxygen atoms in total. The molecule has 3 heterocycles. The Balaban J connectivity index is 1.27. The first-order valence-electron chi connectivity index (χ1n) is 14.1. The second kappa shape index (κ2) is 10.8. The van der Waals surface area contributed by atoms with E-state index in [0.29, 0.717) is 23.8 Å². The van der Waals surface area contributed by atoms with Gasteiger partial charge in [-0.2, -0.15) is 0 Å². The predicted octanol–water partition coefficient (Wildman–Crippen LogP) is 6.69. The van der Waals surface area contributed by atoms with Crippen LogP contribution in [-0.2, 0) is 6.54 Å². The largest absolute Gasteiger partial charge is 0.335 e. The van der Waals surface area contributed by atoms with Crippen LogP contribution < -0.4 is 0 Å². The summed E-state index contributed by atoms with van der Waals surface area (Å²) in [5.41, 5.74) is 5.77. The van der Waals surface area contributed by atoms with Crippen molar-refractivity contribution < 1.29 is 4.79 Å². The summed E-state index contributed by atoms with van der Waals surface area (Å²) in [6.07, 6.45) is 9.68. The van der Waals surface area contributed by atoms with Gasteiger partial charge in [0.25, 0.3) is 5.91 Å². The standard InChI is InChI=1S/C31H43N3O/c1-22(2)25-13-11-24(12-14-25)21-33-19-16-27(17-20-33)30-28(15-10-23(3)32-30)31(35)34-18-6-8-26-7-4-5-9-29(26)34/h10-15,22,26-27,29H,4-9,16-21H2,1-3H3/t26-,29-/m0/s1. The van der Waals surface area contributed by atoms with Crippen LogP contribution in [0, 0.1) is 12.8 Å². The lowest BCUT2D eigenvalue weighted by atomic mass is 9.78. The molecule has 2 aliphatic heterocycles. The fourth-order valence-electron chi connectivity index (χ4n) is 6.73. The first kappa shape index (κ1) is 24.5. The molecule has 3 fully saturated rings. The molecule has 0 N–H and O–H groups in total. The van der Waals surface area contributed by atoms with Gasteiger partial charge in [0.15, 0.2) is 0 Å². The fraction of sp³-hybridized carbons (Fsp3) is 0.613. The number of fused-ring (bicyclic) bond motifs is 1. The van der Waals surface area contributed by atoms with Crippen molar-refractivity contribution >= 4 is 5.91 Å². The predicted molar refractivity (Wildman–Crippen MR) is 143 cm³/mol. The third kappa shape index (κ3) is 5.48. The van der Waals surface area contributed by atoms with Crippen LogP contribution in [0.5, 0.6) is 0 Å². The highest BCUT2D eigenvalue weighted by Gasteiger charge is 2.37. The Hall–Kier alpha value is -2.20. The van der Waals surface area contributed by atoms with E-state index >= 15 is 0 Å². The van der Waals surface area contributed by atoms with Gasteiger partial charge in [-0.1, -0.05) is 51.0 Å². The van der Waals surface area contributed by atoms with Crippen molar-refractivity contribution in [2.24, 2.45) is 5.92 Å². The number of carbonyl (C=O) groups excluding carboxylic acids is 1. The monoisotopic (exact) mass is 473 g/mol. The van der Waals surface area contributed by atoms with E-state index < -0.39 is 0 Å². The number of carbonyl (C=O) groups is 1. The number of rotatable bonds is 5. The average molecular weight is 474 g/mol. The fourth-order valence-corrected chi connectivity index (χ4v) is 6.73. The molecule has 1 amide bonds. The van der Waals surface area contributed by atoms with Crippen LogP contribution in [0.4, 0.5) is 0 Å². The number of nitrogens with zero attached hydrogens (tertiary/aromatic N) is 3. The molecule has 0 radical (unpaired) electrons. The summed E-state index contributed by atoms with van der Waals surface area (Å²) in [6.45, 7) is 10.6. The number of benzene rings is 1. The number of hydrogen-bond donors (Lipinski definition) is 0. The number of hydrogen-bond acceptors (Lipinski definition) is 3. The zero-order valence-electron chi connectivity index (χ0n) is 22.0. The van der Waals surface area contributed by atoms with Gasteiger partial charge in [0.2, 0.25) is 0 Å². The van der Waals surface area contributed by atoms with Gasteiger partial charge in [0.1, 0.15) is 0 Å². The molecule has 1 saturated carbocycles. The minimum atomic E-state index is 0.247. The molecule has 4 heteroatoms. The number of likely N-dealkylation sites (tertiary alicyclic amines) is 2. The zero-order chi connectivity index (χ0) is 24.4. The number of piperidine rings is 2. The van der Waals surface area contributed by atoms with Crippen molar-refractivity contribution in [1.29, 1.82) is 0 Å². The van der Waals surface area contributed by atoms with Gasteiger partial charge in [-0.25, -0.2) is 0 Å². The van der Waals surface area contributed by atoms with Crippen molar-refractivity contribution in [3.05, 3.63) is 64.5 Å². The van der Waals surface area contributed by atoms with Crippen LogP contribution in [0.2, 0.25) is 0 Å². The summed E-state index contributed by atoms with van der Waals surface area (Å²) in [5, 5.41) is 0. The summed E-state index contributed by atoms with van der Waals surface area (Å²) in [5.74, 6) is 1.91. The molecule has 2 saturated heterocycles. The zero-order valence-corrected chi connectivity index (χ0v) is 22.0. The molecule has 0 bridgehead atoms. The molecule has 0 unspecified atom stereocenters. The smallest absolute Gasteiger partial charge is 0.255 e. The molecule has 2 atom stereocenters. The van der Waals surface area contributed by atoms with E-state index in [1.54, 1.807) is 0 Å². The molecular formula is C31H43N3O. The summed E-state index contributed by atoms with van der Waals surface area (Å²) >= 11 is 0. The molecule has 0 spiro atoms. The summed E-state index contributed by atoms with van der Waals surface area (Å²) in [7, 11) is 0. The summed E-state index contributed by atoms with van der Waals surface area (Å²) < 4.78 is 0. The Morgan fingerprint density at radius 2 is 1.63 bits per heavy atom. The Morgan fingerprint density at radius 3 is 2.37 bits per heavy atom. The molecule has 3 aliphatic rings. The molecule has 188 valence electrons. The summed E-state index contributed by atoms with van der Waals surface area (Å²) in [4.78, 5) is 23.7. The quantitative estimate of drug-likeness (QED) is 0.485. The van der Waals surface area contributed by atoms with E-state index in [1.165, 1.54) is 43.2 Å². The van der Waals surface area contributed by atoms with Crippen molar-refractivity contribution in [1.82, 2.24) is 14.8 Å². The summed E-state index contributed by atoms with van der Waals surface area (Å²) in [6, 6.07) is 13.7. The molecule has 1 aromatic heterocycles. The highest BCUT2D eigenvalue weighted by Crippen LogP contribution is 2.37. The molecule has 5 rings (SSSR count). The average Bonchev–Trinajstić information content (AvgIpc) is 2.89. The lowest BCUT2D eigenvalue weighted by molar-refractivity contribution is 0.0388. The van der Waals surface area contributed by atoms with Crippen LogP contribution in [0.1, 0.15) is 110 Å². The minimum absolute atomic E-state index is 0.247. The Bertz CT molecular complexity index is 1000. The van der Waals surface area contributed by atoms with Gasteiger partial charge in [0.05, 0.1) is 11.3 Å². The molecule has 1 aliphatic carbocycles. The number of amides is 1. The van der Waals surface area contributed by atoms with Gasteiger partial charge in [0, 0.05) is 30.7 Å². The number of pyridine rings is 1. The number of aryl methyl sites for hydroxylation is 1. The highest BCUT2D eigenvalue weighted by molar-refractivity contribution is 5.95. The van der Waals surface area contributed by atoms with Gasteiger partial charge >= 0.3 is 0 Å². The maximum absolute atomic E-state index is 13.9. The molecule has 1 aromatic carbocycles. The van der Waals surface area contributed by atoms with Crippen molar-refractivity contribution in [2.75, 3.05) is 19.6 Å². The van der Waals surface area contributed by atoms with Gasteiger partial charge in [-0.15, -0.1) is 0 Å². The van der Waals surface area contributed by atoms with Crippen molar-refractivity contribution in [3.63, 3.8) is 0 Å². The number of aromatic nitrogens is 1. The first-order valence-corrected chi connectivity index (χ1v) is 14.1. The molecule has 2 aromatic rings. The SMILES string of the molecule is Cc1ccc(C(=O)N2CCC[C@@H]3CCCC[C@@H]32)c(C2CCN(Cc3ccc(C(C)C)cc3)CC2)n1. The topological polar surface area (TPSA) is 36.4 Å². The first-order chi connectivity index (χ1) is 17.0. The van der Waals surface area contributed by atoms with Gasteiger partial charge in [-0.05, 0) is 93.6 Å². The lowest BCUT2D eigenvalue weighted by Crippen LogP contribution is -2.50. The Morgan fingerprint density at radius 1 is 0.914 bits per heavy atom. The Kier molecular flexibility index (Phi) is 7.57. The maximum atomic E-state index is 13.9. The van der Waals surface area contributed by atoms with E-state index in [9.17, 15) is 4.79 Å². The minimum Gasteiger partial charge on any atom is -0.335 e. The van der Waals surface area contributed by atoms with Crippen molar-refractivity contribution in [2.45, 2.75) is 96.6 Å². The lowest BCUT2D eigenvalue weighted by Gasteiger charge is -2.44. The normalized spacial score (nSPS) is 23.9. The van der Waals surface area contributed by atoms with Crippen molar-refractivity contribution in [3.8, 4) is 0 Å². The van der Waals surface area contributed by atoms with E-state index in [-0.39, 0.29) is 5.91 Å². The van der Waals surface area contributed by atoms with E-state index in [4.69, 9.17) is 4.98 Å². The third-order valence-corrected chi connectivity index (χ3v) is 8.83. The second-order valence-corrected chi connectivity index (χ2v) is 11.6. The van der Waals surface area contributed by atoms with Gasteiger partial charge in [-0.3, -0.25) is 14.7 Å². The van der Waals surface area contributed by atoms with E-state index in [0.717, 1.165) is 62.4 Å². The van der Waals surface area contributed by atoms with Crippen LogP contribution in [0.25, 0.3) is 0 Å². The second-order valence-electron chi connectivity index (χ2n) is 11.6. The van der Waals surface area contributed by atoms with Crippen LogP contribution >= 0.6 is 0 Å². The highest BCUT2D eigenvalue weighted by atomic mass is 16.2. The molecule has 35 heavy (non-hydrogen) atoms. The Labute approximate surface area is 212 Å². The van der Waals surface area contributed by atoms with Crippen LogP contribution in [0.15, 0.2) is 36.4 Å². The molecular weight excluding hydrogens is 430 g/mol. The van der Waals surface area contributed by atoms with Gasteiger partial charge < -0.3 is 4.90 Å².